The highest BCUT2D eigenvalue weighted by atomic mass is 16.3. The number of aliphatic hydroxyl groups is 2. The average molecular weight is 175 g/mol. The van der Waals surface area contributed by atoms with Crippen LogP contribution in [0.15, 0.2) is 0 Å². The number of rotatable bonds is 5. The lowest BCUT2D eigenvalue weighted by Gasteiger charge is -2.27. The van der Waals surface area contributed by atoms with Crippen molar-refractivity contribution in [1.82, 2.24) is 5.32 Å². The van der Waals surface area contributed by atoms with Crippen molar-refractivity contribution in [2.24, 2.45) is 5.92 Å². The van der Waals surface area contributed by atoms with E-state index in [2.05, 4.69) is 5.32 Å². The van der Waals surface area contributed by atoms with Crippen LogP contribution in [0.5, 0.6) is 0 Å². The van der Waals surface area contributed by atoms with Crippen molar-refractivity contribution in [2.75, 3.05) is 13.2 Å². The van der Waals surface area contributed by atoms with Gasteiger partial charge >= 0.3 is 0 Å². The second-order valence-electron chi connectivity index (χ2n) is 4.07. The molecule has 2 unspecified atom stereocenters. The predicted molar refractivity (Wildman–Crippen MR) is 50.0 cm³/mol. The zero-order valence-corrected chi connectivity index (χ0v) is 8.46. The minimum absolute atomic E-state index is 0.0477. The van der Waals surface area contributed by atoms with E-state index in [9.17, 15) is 5.11 Å². The van der Waals surface area contributed by atoms with Crippen molar-refractivity contribution in [3.63, 3.8) is 0 Å². The molecule has 0 rings (SSSR count). The average Bonchev–Trinajstić information content (AvgIpc) is 1.97. The largest absolute Gasteiger partial charge is 0.396 e. The molecule has 0 spiro atoms. The molecule has 0 aliphatic rings. The molecule has 2 atom stereocenters. The highest BCUT2D eigenvalue weighted by Crippen LogP contribution is 2.07. The predicted octanol–water partition coefficient (Wildman–Crippen LogP) is 0.364. The molecule has 0 saturated carbocycles. The molecule has 0 aromatic heterocycles. The van der Waals surface area contributed by atoms with E-state index in [1.54, 1.807) is 13.8 Å². The molecule has 3 heteroatoms. The molecule has 0 heterocycles. The number of hydrogen-bond acceptors (Lipinski definition) is 3. The van der Waals surface area contributed by atoms with Gasteiger partial charge in [-0.25, -0.2) is 0 Å². The lowest BCUT2D eigenvalue weighted by molar-refractivity contribution is 0.0420. The van der Waals surface area contributed by atoms with Crippen LogP contribution in [0, 0.1) is 5.92 Å². The van der Waals surface area contributed by atoms with Crippen LogP contribution in [0.4, 0.5) is 0 Å². The lowest BCUT2D eigenvalue weighted by Crippen LogP contribution is -2.46. The highest BCUT2D eigenvalue weighted by molar-refractivity contribution is 4.79. The third-order valence-corrected chi connectivity index (χ3v) is 2.14. The topological polar surface area (TPSA) is 52.5 Å². The summed E-state index contributed by atoms with van der Waals surface area (Å²) in [6, 6.07) is 0.0477. The molecule has 0 bridgehead atoms. The molecular formula is C9H21NO2. The van der Waals surface area contributed by atoms with Gasteiger partial charge in [0, 0.05) is 19.2 Å². The molecule has 0 amide bonds. The standard InChI is InChI=1S/C9H21NO2/c1-7(6-11)5-10-8(2)9(3,4)12/h7-8,10-12H,5-6H2,1-4H3. The Labute approximate surface area is 74.8 Å². The quantitative estimate of drug-likeness (QED) is 0.565. The van der Waals surface area contributed by atoms with E-state index in [0.29, 0.717) is 0 Å². The van der Waals surface area contributed by atoms with E-state index in [0.717, 1.165) is 6.54 Å². The molecule has 0 aromatic rings. The fraction of sp³-hybridized carbons (Fsp3) is 1.00. The normalized spacial score (nSPS) is 17.5. The Morgan fingerprint density at radius 3 is 2.17 bits per heavy atom. The molecule has 0 radical (unpaired) electrons. The van der Waals surface area contributed by atoms with Crippen molar-refractivity contribution in [2.45, 2.75) is 39.3 Å². The van der Waals surface area contributed by atoms with Gasteiger partial charge in [0.25, 0.3) is 0 Å². The molecule has 0 aliphatic carbocycles. The number of nitrogens with one attached hydrogen (secondary N) is 1. The summed E-state index contributed by atoms with van der Waals surface area (Å²) in [4.78, 5) is 0. The first-order chi connectivity index (χ1) is 5.38. The smallest absolute Gasteiger partial charge is 0.0741 e. The van der Waals surface area contributed by atoms with Crippen LogP contribution in [0.3, 0.4) is 0 Å². The van der Waals surface area contributed by atoms with E-state index in [1.807, 2.05) is 13.8 Å². The minimum atomic E-state index is -0.699. The molecule has 0 saturated heterocycles. The Kier molecular flexibility index (Phi) is 4.75. The van der Waals surface area contributed by atoms with E-state index >= 15 is 0 Å². The fourth-order valence-corrected chi connectivity index (χ4v) is 0.692. The Hall–Kier alpha value is -0.120. The second kappa shape index (κ2) is 4.80. The van der Waals surface area contributed by atoms with Gasteiger partial charge in [-0.2, -0.15) is 0 Å². The molecule has 3 N–H and O–H groups in total. The van der Waals surface area contributed by atoms with Crippen LogP contribution in [0.2, 0.25) is 0 Å². The molecule has 0 aromatic carbocycles. The van der Waals surface area contributed by atoms with E-state index < -0.39 is 5.60 Å². The van der Waals surface area contributed by atoms with Crippen molar-refractivity contribution in [1.29, 1.82) is 0 Å². The first kappa shape index (κ1) is 11.9. The molecular weight excluding hydrogens is 154 g/mol. The summed E-state index contributed by atoms with van der Waals surface area (Å²) in [6.45, 7) is 8.37. The summed E-state index contributed by atoms with van der Waals surface area (Å²) >= 11 is 0. The van der Waals surface area contributed by atoms with Gasteiger partial charge in [0.05, 0.1) is 5.60 Å². The van der Waals surface area contributed by atoms with Gasteiger partial charge < -0.3 is 15.5 Å². The van der Waals surface area contributed by atoms with E-state index in [-0.39, 0.29) is 18.6 Å². The fourth-order valence-electron chi connectivity index (χ4n) is 0.692. The second-order valence-corrected chi connectivity index (χ2v) is 4.07. The van der Waals surface area contributed by atoms with Crippen LogP contribution in [-0.4, -0.2) is 35.0 Å². The van der Waals surface area contributed by atoms with Crippen molar-refractivity contribution >= 4 is 0 Å². The molecule has 74 valence electrons. The summed E-state index contributed by atoms with van der Waals surface area (Å²) in [5.41, 5.74) is -0.699. The maximum atomic E-state index is 9.55. The summed E-state index contributed by atoms with van der Waals surface area (Å²) in [5.74, 6) is 0.245. The van der Waals surface area contributed by atoms with Crippen LogP contribution >= 0.6 is 0 Å². The molecule has 3 nitrogen and oxygen atoms in total. The van der Waals surface area contributed by atoms with Gasteiger partial charge in [-0.3, -0.25) is 0 Å². The van der Waals surface area contributed by atoms with Crippen LogP contribution in [-0.2, 0) is 0 Å². The Morgan fingerprint density at radius 1 is 1.33 bits per heavy atom. The third kappa shape index (κ3) is 4.70. The van der Waals surface area contributed by atoms with Crippen LogP contribution < -0.4 is 5.32 Å². The molecule has 12 heavy (non-hydrogen) atoms. The summed E-state index contributed by atoms with van der Waals surface area (Å²) in [5, 5.41) is 21.5. The van der Waals surface area contributed by atoms with Crippen molar-refractivity contribution in [3.8, 4) is 0 Å². The lowest BCUT2D eigenvalue weighted by atomic mass is 10.0. The van der Waals surface area contributed by atoms with Gasteiger partial charge in [0.1, 0.15) is 0 Å². The van der Waals surface area contributed by atoms with E-state index in [4.69, 9.17) is 5.11 Å². The van der Waals surface area contributed by atoms with Gasteiger partial charge in [0.15, 0.2) is 0 Å². The third-order valence-electron chi connectivity index (χ3n) is 2.14. The highest BCUT2D eigenvalue weighted by Gasteiger charge is 2.21. The first-order valence-corrected chi connectivity index (χ1v) is 4.44. The summed E-state index contributed by atoms with van der Waals surface area (Å²) in [7, 11) is 0. The number of hydrogen-bond donors (Lipinski definition) is 3. The van der Waals surface area contributed by atoms with Gasteiger partial charge in [-0.05, 0) is 26.7 Å². The SMILES string of the molecule is CC(CO)CNC(C)C(C)(C)O. The zero-order valence-electron chi connectivity index (χ0n) is 8.46. The van der Waals surface area contributed by atoms with Gasteiger partial charge in [-0.1, -0.05) is 6.92 Å². The summed E-state index contributed by atoms with van der Waals surface area (Å²) in [6.07, 6.45) is 0. The van der Waals surface area contributed by atoms with E-state index in [1.165, 1.54) is 0 Å². The molecule has 0 fully saturated rings. The maximum absolute atomic E-state index is 9.55. The van der Waals surface area contributed by atoms with Gasteiger partial charge in [0.2, 0.25) is 0 Å². The Balaban J connectivity index is 3.64. The van der Waals surface area contributed by atoms with Crippen LogP contribution in [0.1, 0.15) is 27.7 Å². The first-order valence-electron chi connectivity index (χ1n) is 4.44. The number of aliphatic hydroxyl groups excluding tert-OH is 1. The van der Waals surface area contributed by atoms with Crippen molar-refractivity contribution in [3.05, 3.63) is 0 Å². The zero-order chi connectivity index (χ0) is 9.78. The minimum Gasteiger partial charge on any atom is -0.396 e. The van der Waals surface area contributed by atoms with Gasteiger partial charge in [-0.15, -0.1) is 0 Å². The van der Waals surface area contributed by atoms with Crippen LogP contribution in [0.25, 0.3) is 0 Å². The Morgan fingerprint density at radius 2 is 1.83 bits per heavy atom. The van der Waals surface area contributed by atoms with Crippen molar-refractivity contribution < 1.29 is 10.2 Å². The monoisotopic (exact) mass is 175 g/mol. The Bertz CT molecular complexity index is 120. The summed E-state index contributed by atoms with van der Waals surface area (Å²) < 4.78 is 0. The maximum Gasteiger partial charge on any atom is 0.0741 e. The molecule has 0 aliphatic heterocycles.